The molecule has 0 fully saturated rings. The van der Waals surface area contributed by atoms with Gasteiger partial charge in [-0.25, -0.2) is 0 Å². The topological polar surface area (TPSA) is 133 Å². The molecular formula is C19H25N3O4. The molecule has 26 heavy (non-hydrogen) atoms. The number of hydrogen-bond donors (Lipinski definition) is 3. The fraction of sp³-hybridized carbons (Fsp3) is 0.474. The average molecular weight is 359 g/mol. The van der Waals surface area contributed by atoms with E-state index >= 15 is 0 Å². The first-order valence-electron chi connectivity index (χ1n) is 8.66. The van der Waals surface area contributed by atoms with E-state index in [1.807, 2.05) is 13.0 Å². The van der Waals surface area contributed by atoms with Crippen LogP contribution in [0.1, 0.15) is 61.9 Å². The number of anilines is 1. The van der Waals surface area contributed by atoms with Gasteiger partial charge < -0.3 is 16.2 Å². The summed E-state index contributed by atoms with van der Waals surface area (Å²) in [4.78, 5) is 35.3. The van der Waals surface area contributed by atoms with Crippen LogP contribution in [-0.4, -0.2) is 28.8 Å². The largest absolute Gasteiger partial charge is 0.481 e. The molecule has 7 heteroatoms. The summed E-state index contributed by atoms with van der Waals surface area (Å²) in [7, 11) is 0. The Labute approximate surface area is 153 Å². The molecule has 2 atom stereocenters. The molecule has 4 N–H and O–H groups in total. The first-order chi connectivity index (χ1) is 12.3. The predicted molar refractivity (Wildman–Crippen MR) is 97.7 cm³/mol. The number of carbonyl (C=O) groups excluding carboxylic acids is 2. The molecule has 140 valence electrons. The van der Waals surface area contributed by atoms with Crippen LogP contribution in [0.25, 0.3) is 0 Å². The second-order valence-corrected chi connectivity index (χ2v) is 6.31. The van der Waals surface area contributed by atoms with Crippen molar-refractivity contribution in [3.05, 3.63) is 29.3 Å². The molecule has 1 rings (SSSR count). The van der Waals surface area contributed by atoms with Gasteiger partial charge >= 0.3 is 5.97 Å². The third-order valence-electron chi connectivity index (χ3n) is 4.12. The Hall–Kier alpha value is -2.72. The molecule has 0 saturated carbocycles. The van der Waals surface area contributed by atoms with Crippen molar-refractivity contribution in [1.82, 2.24) is 0 Å². The molecule has 0 aromatic heterocycles. The van der Waals surface area contributed by atoms with E-state index in [0.29, 0.717) is 5.69 Å². The normalized spacial score (nSPS) is 12.7. The van der Waals surface area contributed by atoms with E-state index in [9.17, 15) is 19.6 Å². The van der Waals surface area contributed by atoms with Gasteiger partial charge in [0.2, 0.25) is 5.91 Å². The van der Waals surface area contributed by atoms with Gasteiger partial charge in [-0.15, -0.1) is 0 Å². The van der Waals surface area contributed by atoms with E-state index in [0.717, 1.165) is 19.3 Å². The highest BCUT2D eigenvalue weighted by Crippen LogP contribution is 2.19. The molecule has 0 aliphatic carbocycles. The number of rotatable bonds is 10. The van der Waals surface area contributed by atoms with Crippen LogP contribution in [-0.2, 0) is 9.59 Å². The summed E-state index contributed by atoms with van der Waals surface area (Å²) >= 11 is 0. The Bertz CT molecular complexity index is 709. The molecule has 7 nitrogen and oxygen atoms in total. The zero-order chi connectivity index (χ0) is 19.7. The number of carboxylic acid groups (broad SMARTS) is 1. The van der Waals surface area contributed by atoms with E-state index in [4.69, 9.17) is 10.8 Å². The van der Waals surface area contributed by atoms with Crippen LogP contribution < -0.4 is 11.1 Å². The van der Waals surface area contributed by atoms with E-state index in [1.54, 1.807) is 6.07 Å². The first-order valence-corrected chi connectivity index (χ1v) is 8.66. The average Bonchev–Trinajstić information content (AvgIpc) is 2.63. The first kappa shape index (κ1) is 21.3. The second kappa shape index (κ2) is 10.3. The summed E-state index contributed by atoms with van der Waals surface area (Å²) in [6.07, 6.45) is 2.46. The van der Waals surface area contributed by atoms with Gasteiger partial charge in [-0.05, 0) is 31.0 Å². The van der Waals surface area contributed by atoms with Gasteiger partial charge in [-0.2, -0.15) is 5.26 Å². The van der Waals surface area contributed by atoms with Gasteiger partial charge in [0.1, 0.15) is 0 Å². The number of carbonyl (C=O) groups is 3. The Morgan fingerprint density at radius 1 is 1.31 bits per heavy atom. The lowest BCUT2D eigenvalue weighted by Crippen LogP contribution is -2.31. The summed E-state index contributed by atoms with van der Waals surface area (Å²) in [6.45, 7) is 3.89. The van der Waals surface area contributed by atoms with Gasteiger partial charge in [0.15, 0.2) is 5.78 Å². The highest BCUT2D eigenvalue weighted by atomic mass is 16.4. The van der Waals surface area contributed by atoms with Crippen molar-refractivity contribution in [3.63, 3.8) is 0 Å². The van der Waals surface area contributed by atoms with Crippen LogP contribution in [0.3, 0.4) is 0 Å². The molecule has 1 aromatic rings. The standard InChI is InChI=1S/C19H25N3O4/c1-3-4-5-12(2)19(26)22-14-7-6-13(11-20)15(10-14)18(25)16(21)8-9-17(23)24/h6-7,10,12,16H,3-5,8-9,21H2,1-2H3,(H,22,26)(H,23,24)/t12-,16-/m0/s1. The third-order valence-corrected chi connectivity index (χ3v) is 4.12. The van der Waals surface area contributed by atoms with Crippen molar-refractivity contribution in [2.45, 2.75) is 52.0 Å². The van der Waals surface area contributed by atoms with Crippen LogP contribution in [0.4, 0.5) is 5.69 Å². The van der Waals surface area contributed by atoms with E-state index in [2.05, 4.69) is 12.2 Å². The monoisotopic (exact) mass is 359 g/mol. The molecule has 0 saturated heterocycles. The molecule has 0 aliphatic heterocycles. The van der Waals surface area contributed by atoms with Crippen molar-refractivity contribution < 1.29 is 19.5 Å². The number of aliphatic carboxylic acids is 1. The fourth-order valence-corrected chi connectivity index (χ4v) is 2.44. The molecule has 0 aliphatic rings. The smallest absolute Gasteiger partial charge is 0.303 e. The number of ketones is 1. The number of Topliss-reactive ketones (excluding diaryl/α,β-unsaturated/α-hetero) is 1. The summed E-state index contributed by atoms with van der Waals surface area (Å²) < 4.78 is 0. The minimum atomic E-state index is -1.05. The van der Waals surface area contributed by atoms with E-state index in [1.165, 1.54) is 12.1 Å². The lowest BCUT2D eigenvalue weighted by molar-refractivity contribution is -0.137. The Morgan fingerprint density at radius 3 is 2.58 bits per heavy atom. The van der Waals surface area contributed by atoms with Crippen molar-refractivity contribution in [2.75, 3.05) is 5.32 Å². The Kier molecular flexibility index (Phi) is 8.46. The Morgan fingerprint density at radius 2 is 2.00 bits per heavy atom. The van der Waals surface area contributed by atoms with E-state index in [-0.39, 0.29) is 35.8 Å². The summed E-state index contributed by atoms with van der Waals surface area (Å²) in [5.74, 6) is -1.88. The lowest BCUT2D eigenvalue weighted by Gasteiger charge is -2.14. The van der Waals surface area contributed by atoms with Crippen molar-refractivity contribution >= 4 is 23.3 Å². The minimum absolute atomic E-state index is 0.0241. The number of nitriles is 1. The fourth-order valence-electron chi connectivity index (χ4n) is 2.44. The molecule has 1 aromatic carbocycles. The molecule has 1 amide bonds. The SMILES string of the molecule is CCCC[C@H](C)C(=O)Nc1ccc(C#N)c(C(=O)[C@@H](N)CCC(=O)O)c1. The van der Waals surface area contributed by atoms with E-state index < -0.39 is 17.8 Å². The maximum Gasteiger partial charge on any atom is 0.303 e. The van der Waals surface area contributed by atoms with Crippen molar-refractivity contribution in [3.8, 4) is 6.07 Å². The lowest BCUT2D eigenvalue weighted by atomic mass is 9.96. The van der Waals surface area contributed by atoms with Gasteiger partial charge in [0.05, 0.1) is 17.7 Å². The van der Waals surface area contributed by atoms with Gasteiger partial charge in [-0.1, -0.05) is 26.7 Å². The predicted octanol–water partition coefficient (Wildman–Crippen LogP) is 2.70. The zero-order valence-electron chi connectivity index (χ0n) is 15.1. The van der Waals surface area contributed by atoms with Crippen molar-refractivity contribution in [2.24, 2.45) is 11.7 Å². The number of carboxylic acids is 1. The summed E-state index contributed by atoms with van der Waals surface area (Å²) in [5.41, 5.74) is 6.40. The maximum absolute atomic E-state index is 12.5. The number of amides is 1. The molecular weight excluding hydrogens is 334 g/mol. The van der Waals surface area contributed by atoms with Gasteiger partial charge in [0.25, 0.3) is 0 Å². The van der Waals surface area contributed by atoms with Gasteiger partial charge in [-0.3, -0.25) is 14.4 Å². The molecule has 0 radical (unpaired) electrons. The number of nitrogens with two attached hydrogens (primary N) is 1. The van der Waals surface area contributed by atoms with Crippen LogP contribution >= 0.6 is 0 Å². The quantitative estimate of drug-likeness (QED) is 0.550. The minimum Gasteiger partial charge on any atom is -0.481 e. The van der Waals surface area contributed by atoms with Crippen molar-refractivity contribution in [1.29, 1.82) is 5.26 Å². The van der Waals surface area contributed by atoms with Gasteiger partial charge in [0, 0.05) is 23.6 Å². The summed E-state index contributed by atoms with van der Waals surface area (Å²) in [5, 5.41) is 20.7. The second-order valence-electron chi connectivity index (χ2n) is 6.31. The zero-order valence-corrected chi connectivity index (χ0v) is 15.1. The highest BCUT2D eigenvalue weighted by molar-refractivity contribution is 6.03. The van der Waals surface area contributed by atoms with Crippen LogP contribution in [0, 0.1) is 17.2 Å². The molecule has 0 bridgehead atoms. The molecule has 0 unspecified atom stereocenters. The maximum atomic E-state index is 12.5. The number of hydrogen-bond acceptors (Lipinski definition) is 5. The number of unbranched alkanes of at least 4 members (excludes halogenated alkanes) is 1. The van der Waals surface area contributed by atoms with Crippen LogP contribution in [0.2, 0.25) is 0 Å². The molecule has 0 spiro atoms. The van der Waals surface area contributed by atoms with Crippen LogP contribution in [0.15, 0.2) is 18.2 Å². The Balaban J connectivity index is 2.94. The highest BCUT2D eigenvalue weighted by Gasteiger charge is 2.21. The third kappa shape index (κ3) is 6.30. The summed E-state index contributed by atoms with van der Waals surface area (Å²) in [6, 6.07) is 5.33. The number of nitrogens with one attached hydrogen (secondary N) is 1. The van der Waals surface area contributed by atoms with Crippen LogP contribution in [0.5, 0.6) is 0 Å². The number of benzene rings is 1. The molecule has 0 heterocycles. The number of nitrogens with zero attached hydrogens (tertiary/aromatic N) is 1.